The largest absolute Gasteiger partial charge is 0.494 e. The number of benzene rings is 1. The summed E-state index contributed by atoms with van der Waals surface area (Å²) >= 11 is 1.37. The molecule has 1 aliphatic heterocycles. The van der Waals surface area contributed by atoms with Crippen LogP contribution in [0.3, 0.4) is 0 Å². The van der Waals surface area contributed by atoms with E-state index in [2.05, 4.69) is 33.8 Å². The summed E-state index contributed by atoms with van der Waals surface area (Å²) in [6, 6.07) is 6.07. The van der Waals surface area contributed by atoms with Crippen molar-refractivity contribution in [2.45, 2.75) is 95.0 Å². The minimum atomic E-state index is -0.869. The number of aryl methyl sites for hydroxylation is 1. The van der Waals surface area contributed by atoms with E-state index in [1.807, 2.05) is 19.1 Å². The number of carbonyl (C=O) groups is 1. The van der Waals surface area contributed by atoms with Crippen LogP contribution in [0, 0.1) is 6.92 Å². The Morgan fingerprint density at radius 3 is 1.93 bits per heavy atom. The first-order chi connectivity index (χ1) is 12.6. The van der Waals surface area contributed by atoms with Crippen molar-refractivity contribution < 1.29 is 19.2 Å². The maximum atomic E-state index is 11.4. The molecule has 1 saturated heterocycles. The summed E-state index contributed by atoms with van der Waals surface area (Å²) in [7, 11) is -0.380. The quantitative estimate of drug-likeness (QED) is 0.508. The van der Waals surface area contributed by atoms with Gasteiger partial charge in [0.25, 0.3) is 0 Å². The molecule has 6 heteroatoms. The molecule has 2 rings (SSSR count). The molecule has 0 unspecified atom stereocenters. The van der Waals surface area contributed by atoms with Crippen molar-refractivity contribution in [3.8, 4) is 0 Å². The van der Waals surface area contributed by atoms with Crippen molar-refractivity contribution in [1.82, 2.24) is 0 Å². The molecule has 0 atom stereocenters. The molecule has 0 amide bonds. The van der Waals surface area contributed by atoms with Crippen LogP contribution >= 0.6 is 11.8 Å². The normalized spacial score (nSPS) is 18.7. The van der Waals surface area contributed by atoms with E-state index in [0.717, 1.165) is 41.6 Å². The Morgan fingerprint density at radius 2 is 1.56 bits per heavy atom. The van der Waals surface area contributed by atoms with Gasteiger partial charge in [-0.05, 0) is 63.5 Å². The topological polar surface area (TPSA) is 55.8 Å². The Morgan fingerprint density at radius 1 is 1.07 bits per heavy atom. The van der Waals surface area contributed by atoms with Gasteiger partial charge in [0.2, 0.25) is 0 Å². The number of carboxylic acid groups (broad SMARTS) is 1. The van der Waals surface area contributed by atoms with Crippen molar-refractivity contribution >= 4 is 30.3 Å². The molecule has 1 heterocycles. The van der Waals surface area contributed by atoms with E-state index in [1.165, 1.54) is 11.8 Å². The van der Waals surface area contributed by atoms with Crippen molar-refractivity contribution in [1.29, 1.82) is 0 Å². The van der Waals surface area contributed by atoms with Crippen molar-refractivity contribution in [2.75, 3.05) is 0 Å². The fourth-order valence-electron chi connectivity index (χ4n) is 4.16. The van der Waals surface area contributed by atoms with Crippen LogP contribution in [-0.4, -0.2) is 34.1 Å². The summed E-state index contributed by atoms with van der Waals surface area (Å²) in [4.78, 5) is 12.4. The second kappa shape index (κ2) is 8.18. The lowest BCUT2D eigenvalue weighted by molar-refractivity contribution is -0.138. The van der Waals surface area contributed by atoms with Crippen LogP contribution in [0.4, 0.5) is 0 Å². The monoisotopic (exact) mass is 392 g/mol. The average Bonchev–Trinajstić information content (AvgIpc) is 2.98. The predicted molar refractivity (Wildman–Crippen MR) is 113 cm³/mol. The number of carboxylic acids is 1. The lowest BCUT2D eigenvalue weighted by Gasteiger charge is -2.42. The van der Waals surface area contributed by atoms with Gasteiger partial charge in [-0.1, -0.05) is 39.8 Å². The van der Waals surface area contributed by atoms with Gasteiger partial charge >= 0.3 is 13.1 Å². The molecule has 0 aromatic heterocycles. The third kappa shape index (κ3) is 3.94. The first-order valence-corrected chi connectivity index (χ1v) is 10.8. The Balaban J connectivity index is 2.32. The van der Waals surface area contributed by atoms with E-state index in [4.69, 9.17) is 9.31 Å². The predicted octanol–water partition coefficient (Wildman–Crippen LogP) is 4.81. The highest BCUT2D eigenvalue weighted by Gasteiger charge is 2.58. The Labute approximate surface area is 168 Å². The summed E-state index contributed by atoms with van der Waals surface area (Å²) < 4.78 is 12.2. The zero-order valence-corrected chi connectivity index (χ0v) is 18.5. The van der Waals surface area contributed by atoms with E-state index in [9.17, 15) is 9.90 Å². The van der Waals surface area contributed by atoms with Crippen molar-refractivity contribution in [3.63, 3.8) is 0 Å². The van der Waals surface area contributed by atoms with Gasteiger partial charge in [-0.3, -0.25) is 4.79 Å². The molecule has 150 valence electrons. The molecule has 4 nitrogen and oxygen atoms in total. The second-order valence-electron chi connectivity index (χ2n) is 7.91. The zero-order chi connectivity index (χ0) is 20.5. The number of hydrogen-bond donors (Lipinski definition) is 1. The first-order valence-electron chi connectivity index (χ1n) is 9.98. The molecule has 1 aromatic carbocycles. The van der Waals surface area contributed by atoms with Gasteiger partial charge in [-0.2, -0.15) is 0 Å². The van der Waals surface area contributed by atoms with E-state index < -0.39 is 10.7 Å². The van der Waals surface area contributed by atoms with E-state index >= 15 is 0 Å². The lowest BCUT2D eigenvalue weighted by Crippen LogP contribution is -2.50. The Hall–Kier alpha value is -0.975. The van der Waals surface area contributed by atoms with E-state index in [-0.39, 0.29) is 18.3 Å². The van der Waals surface area contributed by atoms with Gasteiger partial charge < -0.3 is 14.4 Å². The van der Waals surface area contributed by atoms with Gasteiger partial charge in [-0.15, -0.1) is 11.8 Å². The van der Waals surface area contributed by atoms with Crippen LogP contribution in [0.1, 0.15) is 72.8 Å². The third-order valence-corrected chi connectivity index (χ3v) is 7.49. The van der Waals surface area contributed by atoms with Crippen LogP contribution in [-0.2, 0) is 14.1 Å². The lowest BCUT2D eigenvalue weighted by atomic mass is 9.75. The number of thioether (sulfide) groups is 1. The molecule has 1 aromatic rings. The van der Waals surface area contributed by atoms with Crippen LogP contribution in [0.2, 0.25) is 0 Å². The molecule has 27 heavy (non-hydrogen) atoms. The smallest absolute Gasteiger partial charge is 0.480 e. The Kier molecular flexibility index (Phi) is 6.76. The maximum absolute atomic E-state index is 11.4. The highest BCUT2D eigenvalue weighted by Crippen LogP contribution is 2.47. The van der Waals surface area contributed by atoms with Crippen LogP contribution in [0.5, 0.6) is 0 Å². The van der Waals surface area contributed by atoms with Crippen molar-refractivity contribution in [3.05, 3.63) is 23.8 Å². The fraction of sp³-hybridized carbons (Fsp3) is 0.667. The standard InChI is InChI=1S/C21H33BO4S/c1-8-20(9-2)21(10-3,11-4)26-22(25-20)16-12-13-17(15(5)14-16)27-19(6,7)18(23)24/h12-14H,8-11H2,1-7H3,(H,23,24). The molecule has 0 spiro atoms. The van der Waals surface area contributed by atoms with Gasteiger partial charge in [0.05, 0.1) is 11.2 Å². The first kappa shape index (κ1) is 22.3. The van der Waals surface area contributed by atoms with Gasteiger partial charge in [0.1, 0.15) is 4.75 Å². The molecule has 0 radical (unpaired) electrons. The van der Waals surface area contributed by atoms with Gasteiger partial charge in [0, 0.05) is 4.90 Å². The molecule has 1 aliphatic rings. The summed E-state index contributed by atoms with van der Waals surface area (Å²) in [6.07, 6.45) is 3.67. The van der Waals surface area contributed by atoms with Crippen LogP contribution in [0.15, 0.2) is 23.1 Å². The molecule has 0 aliphatic carbocycles. The van der Waals surface area contributed by atoms with Gasteiger partial charge in [0.15, 0.2) is 0 Å². The minimum absolute atomic E-state index is 0.270. The number of aliphatic carboxylic acids is 1. The van der Waals surface area contributed by atoms with Crippen molar-refractivity contribution in [2.24, 2.45) is 0 Å². The number of hydrogen-bond acceptors (Lipinski definition) is 4. The molecule has 1 fully saturated rings. The minimum Gasteiger partial charge on any atom is -0.480 e. The average molecular weight is 392 g/mol. The molecular weight excluding hydrogens is 359 g/mol. The summed E-state index contributed by atoms with van der Waals surface area (Å²) in [6.45, 7) is 14.2. The van der Waals surface area contributed by atoms with Crippen LogP contribution < -0.4 is 5.46 Å². The molecule has 0 bridgehead atoms. The summed E-state index contributed by atoms with van der Waals surface area (Å²) in [5.74, 6) is -0.815. The fourth-order valence-corrected chi connectivity index (χ4v) is 5.15. The van der Waals surface area contributed by atoms with Gasteiger partial charge in [-0.25, -0.2) is 0 Å². The SMILES string of the molecule is CCC1(CC)OB(c2ccc(SC(C)(C)C(=O)O)c(C)c2)OC1(CC)CC. The maximum Gasteiger partial charge on any atom is 0.494 e. The Bertz CT molecular complexity index is 661. The summed E-state index contributed by atoms with van der Waals surface area (Å²) in [5, 5.41) is 9.38. The highest BCUT2D eigenvalue weighted by molar-refractivity contribution is 8.01. The van der Waals surface area contributed by atoms with E-state index in [0.29, 0.717) is 0 Å². The zero-order valence-electron chi connectivity index (χ0n) is 17.7. The molecule has 1 N–H and O–H groups in total. The second-order valence-corrected chi connectivity index (χ2v) is 9.58. The highest BCUT2D eigenvalue weighted by atomic mass is 32.2. The van der Waals surface area contributed by atoms with Crippen LogP contribution in [0.25, 0.3) is 0 Å². The number of rotatable bonds is 8. The molecular formula is C21H33BO4S. The van der Waals surface area contributed by atoms with E-state index in [1.54, 1.807) is 13.8 Å². The summed E-state index contributed by atoms with van der Waals surface area (Å²) in [5.41, 5.74) is 1.50. The molecule has 0 saturated carbocycles. The third-order valence-electron chi connectivity index (χ3n) is 6.13.